The van der Waals surface area contributed by atoms with Gasteiger partial charge in [-0.1, -0.05) is 20.8 Å². The highest BCUT2D eigenvalue weighted by Crippen LogP contribution is 2.18. The highest BCUT2D eigenvalue weighted by atomic mass is 16.2. The number of amides is 1. The molecule has 1 aromatic rings. The Morgan fingerprint density at radius 1 is 1.47 bits per heavy atom. The van der Waals surface area contributed by atoms with E-state index in [0.717, 1.165) is 0 Å². The Labute approximate surface area is 89.1 Å². The summed E-state index contributed by atoms with van der Waals surface area (Å²) in [6.07, 6.45) is 4.53. The van der Waals surface area contributed by atoms with Crippen LogP contribution >= 0.6 is 0 Å². The highest BCUT2D eigenvalue weighted by Gasteiger charge is 2.27. The van der Waals surface area contributed by atoms with Crippen molar-refractivity contribution in [2.75, 3.05) is 5.32 Å². The van der Waals surface area contributed by atoms with Crippen LogP contribution in [0.5, 0.6) is 0 Å². The normalized spacial score (nSPS) is 13.3. The second kappa shape index (κ2) is 4.35. The van der Waals surface area contributed by atoms with Crippen LogP contribution in [0.25, 0.3) is 0 Å². The predicted octanol–water partition coefficient (Wildman–Crippen LogP) is 0.788. The fraction of sp³-hybridized carbons (Fsp3) is 0.500. The molecule has 0 aliphatic rings. The number of carbonyl (C=O) groups excluding carboxylic acids is 1. The van der Waals surface area contributed by atoms with Gasteiger partial charge in [-0.25, -0.2) is 4.98 Å². The molecule has 0 radical (unpaired) electrons. The average molecular weight is 208 g/mol. The van der Waals surface area contributed by atoms with Crippen molar-refractivity contribution in [1.82, 2.24) is 9.97 Å². The lowest BCUT2D eigenvalue weighted by Gasteiger charge is -2.25. The van der Waals surface area contributed by atoms with Crippen molar-refractivity contribution in [3.05, 3.63) is 18.6 Å². The fourth-order valence-electron chi connectivity index (χ4n) is 0.961. The number of carbonyl (C=O) groups is 1. The standard InChI is InChI=1S/C10H16N4O/c1-10(2,3)8(11)9(15)14-7-6-12-4-5-13-7/h4-6,8H,11H2,1-3H3,(H,13,14,15)/t8-/m0/s1. The van der Waals surface area contributed by atoms with E-state index in [1.807, 2.05) is 20.8 Å². The smallest absolute Gasteiger partial charge is 0.243 e. The summed E-state index contributed by atoms with van der Waals surface area (Å²) in [4.78, 5) is 19.4. The van der Waals surface area contributed by atoms with Gasteiger partial charge in [0, 0.05) is 12.4 Å². The van der Waals surface area contributed by atoms with Crippen molar-refractivity contribution < 1.29 is 4.79 Å². The number of hydrogen-bond acceptors (Lipinski definition) is 4. The molecule has 5 nitrogen and oxygen atoms in total. The second-order valence-electron chi connectivity index (χ2n) is 4.42. The first kappa shape index (κ1) is 11.6. The molecule has 0 saturated carbocycles. The van der Waals surface area contributed by atoms with Crippen LogP contribution in [0, 0.1) is 5.41 Å². The van der Waals surface area contributed by atoms with Gasteiger partial charge in [0.2, 0.25) is 5.91 Å². The van der Waals surface area contributed by atoms with Gasteiger partial charge < -0.3 is 11.1 Å². The third-order valence-corrected chi connectivity index (χ3v) is 2.03. The number of nitrogens with zero attached hydrogens (tertiary/aromatic N) is 2. The largest absolute Gasteiger partial charge is 0.319 e. The Morgan fingerprint density at radius 3 is 2.60 bits per heavy atom. The van der Waals surface area contributed by atoms with Gasteiger partial charge in [0.05, 0.1) is 12.2 Å². The summed E-state index contributed by atoms with van der Waals surface area (Å²) in [5.41, 5.74) is 5.51. The number of nitrogens with two attached hydrogens (primary N) is 1. The topological polar surface area (TPSA) is 80.9 Å². The molecule has 0 fully saturated rings. The van der Waals surface area contributed by atoms with Gasteiger partial charge in [-0.15, -0.1) is 0 Å². The van der Waals surface area contributed by atoms with Crippen molar-refractivity contribution >= 4 is 11.7 Å². The first-order chi connectivity index (χ1) is 6.91. The Morgan fingerprint density at radius 2 is 2.13 bits per heavy atom. The van der Waals surface area contributed by atoms with E-state index in [-0.39, 0.29) is 11.3 Å². The summed E-state index contributed by atoms with van der Waals surface area (Å²) in [6.45, 7) is 5.73. The van der Waals surface area contributed by atoms with Gasteiger partial charge in [0.25, 0.3) is 0 Å². The minimum atomic E-state index is -0.570. The van der Waals surface area contributed by atoms with Gasteiger partial charge >= 0.3 is 0 Å². The van der Waals surface area contributed by atoms with E-state index in [9.17, 15) is 4.79 Å². The first-order valence-corrected chi connectivity index (χ1v) is 4.74. The van der Waals surface area contributed by atoms with E-state index in [2.05, 4.69) is 15.3 Å². The van der Waals surface area contributed by atoms with E-state index in [1.54, 1.807) is 6.20 Å². The molecule has 0 saturated heterocycles. The summed E-state index contributed by atoms with van der Waals surface area (Å²) in [6, 6.07) is -0.570. The number of anilines is 1. The van der Waals surface area contributed by atoms with Gasteiger partial charge in [0.15, 0.2) is 5.82 Å². The van der Waals surface area contributed by atoms with Crippen LogP contribution in [-0.4, -0.2) is 21.9 Å². The van der Waals surface area contributed by atoms with Crippen molar-refractivity contribution in [3.8, 4) is 0 Å². The maximum absolute atomic E-state index is 11.7. The zero-order valence-electron chi connectivity index (χ0n) is 9.19. The maximum Gasteiger partial charge on any atom is 0.243 e. The highest BCUT2D eigenvalue weighted by molar-refractivity contribution is 5.94. The van der Waals surface area contributed by atoms with Gasteiger partial charge in [-0.2, -0.15) is 0 Å². The number of nitrogens with one attached hydrogen (secondary N) is 1. The van der Waals surface area contributed by atoms with Crippen molar-refractivity contribution in [2.24, 2.45) is 11.1 Å². The van der Waals surface area contributed by atoms with E-state index in [4.69, 9.17) is 5.73 Å². The summed E-state index contributed by atoms with van der Waals surface area (Å²) < 4.78 is 0. The molecule has 5 heteroatoms. The second-order valence-corrected chi connectivity index (χ2v) is 4.42. The third-order valence-electron chi connectivity index (χ3n) is 2.03. The lowest BCUT2D eigenvalue weighted by Crippen LogP contribution is -2.45. The number of aromatic nitrogens is 2. The molecule has 0 aliphatic heterocycles. The van der Waals surface area contributed by atoms with Gasteiger partial charge in [-0.3, -0.25) is 9.78 Å². The van der Waals surface area contributed by atoms with Crippen LogP contribution in [0.1, 0.15) is 20.8 Å². The molecule has 1 aromatic heterocycles. The third kappa shape index (κ3) is 3.28. The van der Waals surface area contributed by atoms with E-state index in [0.29, 0.717) is 5.82 Å². The summed E-state index contributed by atoms with van der Waals surface area (Å²) in [7, 11) is 0. The Kier molecular flexibility index (Phi) is 3.36. The minimum absolute atomic E-state index is 0.247. The van der Waals surface area contributed by atoms with Crippen molar-refractivity contribution in [1.29, 1.82) is 0 Å². The van der Waals surface area contributed by atoms with Crippen LogP contribution in [0.2, 0.25) is 0 Å². The molecule has 0 unspecified atom stereocenters. The van der Waals surface area contributed by atoms with Gasteiger partial charge in [0.1, 0.15) is 0 Å². The minimum Gasteiger partial charge on any atom is -0.319 e. The molecule has 0 spiro atoms. The van der Waals surface area contributed by atoms with Crippen LogP contribution in [0.3, 0.4) is 0 Å². The molecular weight excluding hydrogens is 192 g/mol. The average Bonchev–Trinajstić information content (AvgIpc) is 2.16. The van der Waals surface area contributed by atoms with E-state index >= 15 is 0 Å². The van der Waals surface area contributed by atoms with Crippen molar-refractivity contribution in [2.45, 2.75) is 26.8 Å². The van der Waals surface area contributed by atoms with Crippen molar-refractivity contribution in [3.63, 3.8) is 0 Å². The summed E-state index contributed by atoms with van der Waals surface area (Å²) in [5.74, 6) is 0.171. The fourth-order valence-corrected chi connectivity index (χ4v) is 0.961. The van der Waals surface area contributed by atoms with Crippen LogP contribution in [0.15, 0.2) is 18.6 Å². The molecule has 0 bridgehead atoms. The summed E-state index contributed by atoms with van der Waals surface area (Å²) >= 11 is 0. The molecular formula is C10H16N4O. The van der Waals surface area contributed by atoms with Gasteiger partial charge in [-0.05, 0) is 5.41 Å². The van der Waals surface area contributed by atoms with E-state index < -0.39 is 6.04 Å². The maximum atomic E-state index is 11.7. The SMILES string of the molecule is CC(C)(C)[C@@H](N)C(=O)Nc1cnccn1. The quantitative estimate of drug-likeness (QED) is 0.752. The molecule has 1 amide bonds. The number of hydrogen-bond donors (Lipinski definition) is 2. The van der Waals surface area contributed by atoms with E-state index in [1.165, 1.54) is 12.4 Å². The van der Waals surface area contributed by atoms with Crippen LogP contribution in [-0.2, 0) is 4.79 Å². The molecule has 0 aromatic carbocycles. The van der Waals surface area contributed by atoms with Crippen LogP contribution < -0.4 is 11.1 Å². The molecule has 3 N–H and O–H groups in total. The monoisotopic (exact) mass is 208 g/mol. The zero-order valence-corrected chi connectivity index (χ0v) is 9.19. The Hall–Kier alpha value is -1.49. The molecule has 82 valence electrons. The predicted molar refractivity (Wildman–Crippen MR) is 58.1 cm³/mol. The molecule has 1 heterocycles. The molecule has 15 heavy (non-hydrogen) atoms. The molecule has 1 rings (SSSR count). The Bertz CT molecular complexity index is 331. The lowest BCUT2D eigenvalue weighted by molar-refractivity contribution is -0.119. The summed E-state index contributed by atoms with van der Waals surface area (Å²) in [5, 5.41) is 2.61. The zero-order chi connectivity index (χ0) is 11.5. The Balaban J connectivity index is 2.65. The molecule has 1 atom stereocenters. The molecule has 0 aliphatic carbocycles. The van der Waals surface area contributed by atoms with Crippen LogP contribution in [0.4, 0.5) is 5.82 Å². The number of rotatable bonds is 2. The lowest BCUT2D eigenvalue weighted by atomic mass is 9.87. The first-order valence-electron chi connectivity index (χ1n) is 4.74.